The molecule has 2 aliphatic carbocycles. The molecule has 0 spiro atoms. The number of carbonyl (C=O) groups is 2. The van der Waals surface area contributed by atoms with Crippen LogP contribution in [0.25, 0.3) is 0 Å². The number of amides is 2. The van der Waals surface area contributed by atoms with Gasteiger partial charge in [0.25, 0.3) is 0 Å². The summed E-state index contributed by atoms with van der Waals surface area (Å²) in [6.45, 7) is 0. The second kappa shape index (κ2) is 8.22. The fraction of sp³-hybridized carbons (Fsp3) is 0.667. The largest absolute Gasteiger partial charge is 0.309 e. The van der Waals surface area contributed by atoms with E-state index in [2.05, 4.69) is 20.6 Å². The van der Waals surface area contributed by atoms with Crippen molar-refractivity contribution in [3.63, 3.8) is 0 Å². The number of carbonyl (C=O) groups excluding carboxylic acids is 2. The Morgan fingerprint density at radius 3 is 1.42 bits per heavy atom. The third kappa shape index (κ3) is 4.52. The molecule has 1 aromatic heterocycles. The van der Waals surface area contributed by atoms with Crippen LogP contribution >= 0.6 is 0 Å². The van der Waals surface area contributed by atoms with Crippen LogP contribution in [-0.2, 0) is 9.59 Å². The van der Waals surface area contributed by atoms with E-state index in [1.54, 1.807) is 0 Å². The van der Waals surface area contributed by atoms with Gasteiger partial charge in [0.05, 0.1) is 12.4 Å². The van der Waals surface area contributed by atoms with E-state index >= 15 is 0 Å². The summed E-state index contributed by atoms with van der Waals surface area (Å²) in [6.07, 6.45) is 13.8. The van der Waals surface area contributed by atoms with Crippen LogP contribution in [0.15, 0.2) is 12.4 Å². The third-order valence-electron chi connectivity index (χ3n) is 5.11. The van der Waals surface area contributed by atoms with Crippen LogP contribution in [0.1, 0.15) is 64.2 Å². The normalized spacial score (nSPS) is 19.7. The van der Waals surface area contributed by atoms with Crippen LogP contribution in [0, 0.1) is 11.8 Å². The lowest BCUT2D eigenvalue weighted by atomic mass is 9.89. The van der Waals surface area contributed by atoms with Gasteiger partial charge in [-0.1, -0.05) is 38.5 Å². The van der Waals surface area contributed by atoms with E-state index in [0.29, 0.717) is 11.6 Å². The van der Waals surface area contributed by atoms with Crippen molar-refractivity contribution in [2.45, 2.75) is 64.2 Å². The van der Waals surface area contributed by atoms with Crippen LogP contribution in [0.3, 0.4) is 0 Å². The first-order valence-electron chi connectivity index (χ1n) is 9.16. The Morgan fingerprint density at radius 2 is 1.08 bits per heavy atom. The van der Waals surface area contributed by atoms with Gasteiger partial charge < -0.3 is 10.6 Å². The molecule has 0 radical (unpaired) electrons. The quantitative estimate of drug-likeness (QED) is 0.885. The van der Waals surface area contributed by atoms with Gasteiger partial charge in [-0.25, -0.2) is 9.97 Å². The van der Waals surface area contributed by atoms with Crippen LogP contribution in [-0.4, -0.2) is 21.8 Å². The molecule has 6 nitrogen and oxygen atoms in total. The highest BCUT2D eigenvalue weighted by molar-refractivity contribution is 5.92. The predicted octanol–water partition coefficient (Wildman–Crippen LogP) is 3.51. The van der Waals surface area contributed by atoms with Crippen LogP contribution in [0.2, 0.25) is 0 Å². The van der Waals surface area contributed by atoms with Crippen LogP contribution in [0.5, 0.6) is 0 Å². The zero-order valence-corrected chi connectivity index (χ0v) is 14.1. The van der Waals surface area contributed by atoms with E-state index < -0.39 is 0 Å². The number of nitrogens with zero attached hydrogens (tertiary/aromatic N) is 2. The SMILES string of the molecule is O=C(Nc1cnc(NC(=O)C2CCCCC2)cn1)C1CCCCC1. The molecule has 0 aromatic carbocycles. The first kappa shape index (κ1) is 16.9. The highest BCUT2D eigenvalue weighted by Gasteiger charge is 2.22. The van der Waals surface area contributed by atoms with Crippen LogP contribution in [0.4, 0.5) is 11.6 Å². The van der Waals surface area contributed by atoms with Crippen molar-refractivity contribution >= 4 is 23.5 Å². The molecular formula is C18H26N4O2. The minimum Gasteiger partial charge on any atom is -0.309 e. The molecule has 130 valence electrons. The molecule has 0 bridgehead atoms. The molecule has 24 heavy (non-hydrogen) atoms. The number of aromatic nitrogens is 2. The lowest BCUT2D eigenvalue weighted by molar-refractivity contribution is -0.121. The Labute approximate surface area is 142 Å². The van der Waals surface area contributed by atoms with Gasteiger partial charge in [0.15, 0.2) is 11.6 Å². The Morgan fingerprint density at radius 1 is 0.708 bits per heavy atom. The summed E-state index contributed by atoms with van der Waals surface area (Å²) >= 11 is 0. The Balaban J connectivity index is 1.51. The van der Waals surface area contributed by atoms with Gasteiger partial charge in [0, 0.05) is 11.8 Å². The Bertz CT molecular complexity index is 510. The van der Waals surface area contributed by atoms with Gasteiger partial charge >= 0.3 is 0 Å². The van der Waals surface area contributed by atoms with E-state index in [9.17, 15) is 9.59 Å². The smallest absolute Gasteiger partial charge is 0.228 e. The van der Waals surface area contributed by atoms with Crippen molar-refractivity contribution in [2.24, 2.45) is 11.8 Å². The lowest BCUT2D eigenvalue weighted by Gasteiger charge is -2.21. The number of rotatable bonds is 4. The summed E-state index contributed by atoms with van der Waals surface area (Å²) in [5.74, 6) is 1.13. The standard InChI is InChI=1S/C18H26N4O2/c23-17(13-7-3-1-4-8-13)21-15-11-20-16(12-19-15)22-18(24)14-9-5-2-6-10-14/h11-14H,1-10H2,(H,19,21,23)(H,20,22,24). The molecule has 6 heteroatoms. The minimum atomic E-state index is 0.0305. The summed E-state index contributed by atoms with van der Waals surface area (Å²) in [6, 6.07) is 0. The van der Waals surface area contributed by atoms with E-state index in [0.717, 1.165) is 51.4 Å². The van der Waals surface area contributed by atoms with Crippen molar-refractivity contribution < 1.29 is 9.59 Å². The maximum absolute atomic E-state index is 12.2. The molecule has 0 saturated heterocycles. The number of hydrogen-bond donors (Lipinski definition) is 2. The molecule has 0 atom stereocenters. The number of nitrogens with one attached hydrogen (secondary N) is 2. The van der Waals surface area contributed by atoms with Crippen molar-refractivity contribution in [1.82, 2.24) is 9.97 Å². The summed E-state index contributed by atoms with van der Waals surface area (Å²) in [5, 5.41) is 5.66. The Hall–Kier alpha value is -1.98. The van der Waals surface area contributed by atoms with E-state index in [4.69, 9.17) is 0 Å². The van der Waals surface area contributed by atoms with Crippen molar-refractivity contribution in [2.75, 3.05) is 10.6 Å². The second-order valence-corrected chi connectivity index (χ2v) is 6.94. The molecule has 2 amide bonds. The van der Waals surface area contributed by atoms with Gasteiger partial charge in [-0.15, -0.1) is 0 Å². The monoisotopic (exact) mass is 330 g/mol. The first-order chi connectivity index (χ1) is 11.7. The fourth-order valence-corrected chi connectivity index (χ4v) is 3.64. The molecule has 2 saturated carbocycles. The molecule has 0 unspecified atom stereocenters. The minimum absolute atomic E-state index is 0.0305. The summed E-state index contributed by atoms with van der Waals surface area (Å²) in [7, 11) is 0. The topological polar surface area (TPSA) is 84.0 Å². The zero-order chi connectivity index (χ0) is 16.8. The predicted molar refractivity (Wildman–Crippen MR) is 92.4 cm³/mol. The highest BCUT2D eigenvalue weighted by atomic mass is 16.2. The average molecular weight is 330 g/mol. The second-order valence-electron chi connectivity index (χ2n) is 6.94. The molecule has 1 aromatic rings. The lowest BCUT2D eigenvalue weighted by Crippen LogP contribution is -2.26. The first-order valence-corrected chi connectivity index (χ1v) is 9.16. The Kier molecular flexibility index (Phi) is 5.77. The highest BCUT2D eigenvalue weighted by Crippen LogP contribution is 2.25. The van der Waals surface area contributed by atoms with Crippen molar-refractivity contribution in [3.05, 3.63) is 12.4 Å². The molecule has 2 fully saturated rings. The van der Waals surface area contributed by atoms with E-state index in [1.165, 1.54) is 25.2 Å². The molecule has 2 aliphatic rings. The molecular weight excluding hydrogens is 304 g/mol. The molecule has 3 rings (SSSR count). The van der Waals surface area contributed by atoms with Gasteiger partial charge in [-0.05, 0) is 25.7 Å². The number of anilines is 2. The van der Waals surface area contributed by atoms with E-state index in [1.807, 2.05) is 0 Å². The van der Waals surface area contributed by atoms with Crippen molar-refractivity contribution in [3.8, 4) is 0 Å². The maximum atomic E-state index is 12.2. The number of hydrogen-bond acceptors (Lipinski definition) is 4. The van der Waals surface area contributed by atoms with E-state index in [-0.39, 0.29) is 23.7 Å². The molecule has 1 heterocycles. The fourth-order valence-electron chi connectivity index (χ4n) is 3.64. The summed E-state index contributed by atoms with van der Waals surface area (Å²) in [5.41, 5.74) is 0. The van der Waals surface area contributed by atoms with Crippen LogP contribution < -0.4 is 10.6 Å². The third-order valence-corrected chi connectivity index (χ3v) is 5.11. The van der Waals surface area contributed by atoms with Gasteiger partial charge in [0.1, 0.15) is 0 Å². The zero-order valence-electron chi connectivity index (χ0n) is 14.1. The maximum Gasteiger partial charge on any atom is 0.228 e. The summed E-state index contributed by atoms with van der Waals surface area (Å²) < 4.78 is 0. The van der Waals surface area contributed by atoms with Crippen molar-refractivity contribution in [1.29, 1.82) is 0 Å². The molecule has 2 N–H and O–H groups in total. The van der Waals surface area contributed by atoms with Gasteiger partial charge in [-0.3, -0.25) is 9.59 Å². The summed E-state index contributed by atoms with van der Waals surface area (Å²) in [4.78, 5) is 32.8. The van der Waals surface area contributed by atoms with Gasteiger partial charge in [-0.2, -0.15) is 0 Å². The molecule has 0 aliphatic heterocycles. The van der Waals surface area contributed by atoms with Gasteiger partial charge in [0.2, 0.25) is 11.8 Å². The average Bonchev–Trinajstić information content (AvgIpc) is 2.65.